The summed E-state index contributed by atoms with van der Waals surface area (Å²) in [7, 11) is 0. The smallest absolute Gasteiger partial charge is 0.311 e. The van der Waals surface area contributed by atoms with Crippen LogP contribution in [0.5, 0.6) is 0 Å². The molecule has 5 nitrogen and oxygen atoms in total. The van der Waals surface area contributed by atoms with Gasteiger partial charge in [0.2, 0.25) is 0 Å². The number of rotatable bonds is 7. The Hall–Kier alpha value is -3.86. The number of fused-ring (bicyclic) bond motifs is 1. The highest BCUT2D eigenvalue weighted by Gasteiger charge is 2.26. The van der Waals surface area contributed by atoms with Gasteiger partial charge in [-0.2, -0.15) is 5.10 Å². The number of benzene rings is 3. The van der Waals surface area contributed by atoms with Crippen molar-refractivity contribution >= 4 is 22.6 Å². The molecule has 0 bridgehead atoms. The largest absolute Gasteiger partial charge is 0.481 e. The molecule has 1 aromatic heterocycles. The van der Waals surface area contributed by atoms with E-state index in [1.807, 2.05) is 79.0 Å². The fourth-order valence-corrected chi connectivity index (χ4v) is 3.86. The van der Waals surface area contributed by atoms with Crippen LogP contribution < -0.4 is 5.84 Å². The SMILES string of the molecule is N/N=C(\CC(C(=O)O)c1cn(Cc2ccccc2)c2ccccc12)c1ccccc1. The number of hydrogen-bond acceptors (Lipinski definition) is 3. The van der Waals surface area contributed by atoms with Gasteiger partial charge < -0.3 is 15.5 Å². The number of hydrogen-bond donors (Lipinski definition) is 2. The van der Waals surface area contributed by atoms with Crippen LogP contribution in [0.4, 0.5) is 0 Å². The first kappa shape index (κ1) is 19.5. The molecule has 0 saturated heterocycles. The van der Waals surface area contributed by atoms with Crippen molar-refractivity contribution in [2.24, 2.45) is 10.9 Å². The molecule has 150 valence electrons. The third-order valence-electron chi connectivity index (χ3n) is 5.35. The van der Waals surface area contributed by atoms with Crippen LogP contribution in [0.3, 0.4) is 0 Å². The maximum Gasteiger partial charge on any atom is 0.311 e. The van der Waals surface area contributed by atoms with Crippen LogP contribution in [0.2, 0.25) is 0 Å². The van der Waals surface area contributed by atoms with Gasteiger partial charge in [-0.05, 0) is 22.8 Å². The molecule has 0 fully saturated rings. The second-order valence-electron chi connectivity index (χ2n) is 7.25. The molecule has 5 heteroatoms. The van der Waals surface area contributed by atoms with E-state index in [9.17, 15) is 9.90 Å². The Labute approximate surface area is 175 Å². The van der Waals surface area contributed by atoms with Crippen molar-refractivity contribution in [2.45, 2.75) is 18.9 Å². The van der Waals surface area contributed by atoms with Crippen molar-refractivity contribution in [1.82, 2.24) is 4.57 Å². The molecule has 1 unspecified atom stereocenters. The lowest BCUT2D eigenvalue weighted by atomic mass is 9.91. The summed E-state index contributed by atoms with van der Waals surface area (Å²) in [4.78, 5) is 12.3. The number of aliphatic carboxylic acids is 1. The number of para-hydroxylation sites is 1. The molecule has 4 aromatic rings. The lowest BCUT2D eigenvalue weighted by molar-refractivity contribution is -0.138. The second kappa shape index (κ2) is 8.66. The Morgan fingerprint density at radius 3 is 2.23 bits per heavy atom. The highest BCUT2D eigenvalue weighted by molar-refractivity contribution is 6.03. The van der Waals surface area contributed by atoms with Crippen LogP contribution in [0.25, 0.3) is 10.9 Å². The molecule has 0 saturated carbocycles. The summed E-state index contributed by atoms with van der Waals surface area (Å²) in [6.45, 7) is 0.671. The number of hydrazone groups is 1. The maximum atomic E-state index is 12.3. The van der Waals surface area contributed by atoms with Crippen molar-refractivity contribution in [3.05, 3.63) is 108 Å². The molecule has 0 spiro atoms. The Kier molecular flexibility index (Phi) is 5.61. The minimum atomic E-state index is -0.894. The summed E-state index contributed by atoms with van der Waals surface area (Å²) >= 11 is 0. The monoisotopic (exact) mass is 397 g/mol. The van der Waals surface area contributed by atoms with Crippen LogP contribution >= 0.6 is 0 Å². The topological polar surface area (TPSA) is 80.6 Å². The van der Waals surface area contributed by atoms with Crippen LogP contribution in [-0.2, 0) is 11.3 Å². The zero-order valence-corrected chi connectivity index (χ0v) is 16.5. The third kappa shape index (κ3) is 3.96. The normalized spacial score (nSPS) is 12.7. The van der Waals surface area contributed by atoms with Gasteiger partial charge in [-0.1, -0.05) is 78.9 Å². The van der Waals surface area contributed by atoms with Gasteiger partial charge in [0, 0.05) is 30.1 Å². The minimum absolute atomic E-state index is 0.217. The first-order valence-corrected chi connectivity index (χ1v) is 9.84. The molecule has 0 aliphatic heterocycles. The van der Waals surface area contributed by atoms with E-state index in [1.54, 1.807) is 0 Å². The number of carbonyl (C=O) groups is 1. The van der Waals surface area contributed by atoms with E-state index < -0.39 is 11.9 Å². The summed E-state index contributed by atoms with van der Waals surface area (Å²) in [6.07, 6.45) is 2.17. The molecule has 1 atom stereocenters. The van der Waals surface area contributed by atoms with E-state index in [-0.39, 0.29) is 6.42 Å². The summed E-state index contributed by atoms with van der Waals surface area (Å²) in [5.74, 6) is 3.99. The fraction of sp³-hybridized carbons (Fsp3) is 0.120. The van der Waals surface area contributed by atoms with Gasteiger partial charge in [0.25, 0.3) is 0 Å². The van der Waals surface area contributed by atoms with E-state index in [2.05, 4.69) is 21.8 Å². The molecule has 4 rings (SSSR count). The van der Waals surface area contributed by atoms with Crippen molar-refractivity contribution < 1.29 is 9.90 Å². The first-order chi connectivity index (χ1) is 14.7. The maximum absolute atomic E-state index is 12.3. The highest BCUT2D eigenvalue weighted by Crippen LogP contribution is 2.32. The van der Waals surface area contributed by atoms with E-state index in [1.165, 1.54) is 0 Å². The Balaban J connectivity index is 1.75. The fourth-order valence-electron chi connectivity index (χ4n) is 3.86. The van der Waals surface area contributed by atoms with Crippen LogP contribution in [0.15, 0.2) is 96.2 Å². The van der Waals surface area contributed by atoms with Crippen molar-refractivity contribution in [3.8, 4) is 0 Å². The molecule has 3 aromatic carbocycles. The van der Waals surface area contributed by atoms with Crippen LogP contribution in [-0.4, -0.2) is 21.4 Å². The lowest BCUT2D eigenvalue weighted by Crippen LogP contribution is -2.18. The average molecular weight is 397 g/mol. The Morgan fingerprint density at radius 1 is 0.933 bits per heavy atom. The van der Waals surface area contributed by atoms with Gasteiger partial charge in [0.1, 0.15) is 0 Å². The molecular formula is C25H23N3O2. The van der Waals surface area contributed by atoms with E-state index in [0.29, 0.717) is 12.3 Å². The van der Waals surface area contributed by atoms with Crippen molar-refractivity contribution in [2.75, 3.05) is 0 Å². The van der Waals surface area contributed by atoms with Crippen LogP contribution in [0, 0.1) is 0 Å². The van der Waals surface area contributed by atoms with Gasteiger partial charge in [0.05, 0.1) is 11.6 Å². The quantitative estimate of drug-likeness (QED) is 0.271. The number of nitrogens with zero attached hydrogens (tertiary/aromatic N) is 2. The van der Waals surface area contributed by atoms with Crippen molar-refractivity contribution in [3.63, 3.8) is 0 Å². The molecular weight excluding hydrogens is 374 g/mol. The van der Waals surface area contributed by atoms with Gasteiger partial charge >= 0.3 is 5.97 Å². The predicted octanol–water partition coefficient (Wildman–Crippen LogP) is 4.61. The second-order valence-corrected chi connectivity index (χ2v) is 7.25. The predicted molar refractivity (Wildman–Crippen MR) is 120 cm³/mol. The average Bonchev–Trinajstić information content (AvgIpc) is 3.14. The highest BCUT2D eigenvalue weighted by atomic mass is 16.4. The zero-order valence-electron chi connectivity index (χ0n) is 16.5. The molecule has 0 radical (unpaired) electrons. The standard InChI is InChI=1S/C25H23N3O2/c26-27-23(19-11-5-2-6-12-19)15-21(25(29)30)22-17-28(16-18-9-3-1-4-10-18)24-14-8-7-13-20(22)24/h1-14,17,21H,15-16,26H2,(H,29,30)/b27-23+. The molecule has 30 heavy (non-hydrogen) atoms. The number of carboxylic acid groups (broad SMARTS) is 1. The number of aromatic nitrogens is 1. The van der Waals surface area contributed by atoms with Gasteiger partial charge in [0.15, 0.2) is 0 Å². The number of nitrogens with two attached hydrogens (primary N) is 1. The van der Waals surface area contributed by atoms with Crippen LogP contribution in [0.1, 0.15) is 29.0 Å². The van der Waals surface area contributed by atoms with E-state index >= 15 is 0 Å². The third-order valence-corrected chi connectivity index (χ3v) is 5.35. The summed E-state index contributed by atoms with van der Waals surface area (Å²) in [5, 5.41) is 14.9. The minimum Gasteiger partial charge on any atom is -0.481 e. The van der Waals surface area contributed by atoms with Gasteiger partial charge in [-0.25, -0.2) is 0 Å². The van der Waals surface area contributed by atoms with E-state index in [4.69, 9.17) is 5.84 Å². The summed E-state index contributed by atoms with van der Waals surface area (Å²) in [6, 6.07) is 27.5. The number of carboxylic acids is 1. The first-order valence-electron chi connectivity index (χ1n) is 9.84. The molecule has 0 amide bonds. The van der Waals surface area contributed by atoms with E-state index in [0.717, 1.165) is 27.6 Å². The van der Waals surface area contributed by atoms with Gasteiger partial charge in [-0.15, -0.1) is 0 Å². The molecule has 1 heterocycles. The van der Waals surface area contributed by atoms with Gasteiger partial charge in [-0.3, -0.25) is 4.79 Å². The van der Waals surface area contributed by atoms with Crippen molar-refractivity contribution in [1.29, 1.82) is 0 Å². The Morgan fingerprint density at radius 2 is 1.57 bits per heavy atom. The Bertz CT molecular complexity index is 1180. The molecule has 3 N–H and O–H groups in total. The lowest BCUT2D eigenvalue weighted by Gasteiger charge is -2.13. The zero-order chi connectivity index (χ0) is 20.9. The summed E-state index contributed by atoms with van der Waals surface area (Å²) < 4.78 is 2.11. The molecule has 0 aliphatic carbocycles. The summed E-state index contributed by atoms with van der Waals surface area (Å²) in [5.41, 5.74) is 4.34. The molecule has 0 aliphatic rings.